The molecule has 0 fully saturated rings. The fourth-order valence-corrected chi connectivity index (χ4v) is 1.56. The predicted octanol–water partition coefficient (Wildman–Crippen LogP) is 2.81. The molecule has 1 aromatic carbocycles. The number of esters is 1. The average molecular weight is 227 g/mol. The molecule has 0 amide bonds. The number of benzene rings is 1. The lowest BCUT2D eigenvalue weighted by Gasteiger charge is -1.98. The summed E-state index contributed by atoms with van der Waals surface area (Å²) in [6, 6.07) is 9.93. The van der Waals surface area contributed by atoms with Crippen LogP contribution >= 0.6 is 0 Å². The molecule has 2 rings (SSSR count). The van der Waals surface area contributed by atoms with Gasteiger partial charge in [-0.3, -0.25) is 9.78 Å². The zero-order valence-corrected chi connectivity index (χ0v) is 9.59. The fourth-order valence-electron chi connectivity index (χ4n) is 1.56. The third-order valence-corrected chi connectivity index (χ3v) is 2.45. The van der Waals surface area contributed by atoms with E-state index >= 15 is 0 Å². The molecule has 0 saturated heterocycles. The second-order valence-electron chi connectivity index (χ2n) is 3.64. The van der Waals surface area contributed by atoms with E-state index in [0.29, 0.717) is 0 Å². The Morgan fingerprint density at radius 3 is 3.12 bits per heavy atom. The van der Waals surface area contributed by atoms with Gasteiger partial charge in [-0.25, -0.2) is 0 Å². The number of ether oxygens (including phenoxy) is 1. The van der Waals surface area contributed by atoms with E-state index < -0.39 is 0 Å². The van der Waals surface area contributed by atoms with E-state index in [-0.39, 0.29) is 12.4 Å². The molecule has 3 nitrogen and oxygen atoms in total. The molecule has 86 valence electrons. The van der Waals surface area contributed by atoms with Crippen molar-refractivity contribution in [3.05, 3.63) is 48.2 Å². The molecular weight excluding hydrogens is 214 g/mol. The molecule has 3 heteroatoms. The maximum Gasteiger partial charge on any atom is 0.309 e. The van der Waals surface area contributed by atoms with Crippen molar-refractivity contribution in [3.63, 3.8) is 0 Å². The van der Waals surface area contributed by atoms with E-state index in [1.807, 2.05) is 36.4 Å². The smallest absolute Gasteiger partial charge is 0.309 e. The molecule has 0 aliphatic heterocycles. The van der Waals surface area contributed by atoms with Gasteiger partial charge in [0.25, 0.3) is 0 Å². The molecule has 1 aromatic heterocycles. The lowest BCUT2D eigenvalue weighted by Crippen LogP contribution is -1.96. The Bertz CT molecular complexity index is 561. The summed E-state index contributed by atoms with van der Waals surface area (Å²) in [6.45, 7) is 0. The number of methoxy groups -OCH3 is 1. The number of hydrogen-bond donors (Lipinski definition) is 0. The van der Waals surface area contributed by atoms with Crippen molar-refractivity contribution in [2.75, 3.05) is 7.11 Å². The van der Waals surface area contributed by atoms with Gasteiger partial charge in [0.15, 0.2) is 0 Å². The highest BCUT2D eigenvalue weighted by molar-refractivity contribution is 5.81. The van der Waals surface area contributed by atoms with Crippen LogP contribution in [0.15, 0.2) is 42.6 Å². The minimum Gasteiger partial charge on any atom is -0.469 e. The highest BCUT2D eigenvalue weighted by Crippen LogP contribution is 2.14. The van der Waals surface area contributed by atoms with Crippen LogP contribution < -0.4 is 0 Å². The normalized spacial score (nSPS) is 10.9. The van der Waals surface area contributed by atoms with Gasteiger partial charge in [-0.2, -0.15) is 0 Å². The number of nitrogens with zero attached hydrogens (tertiary/aromatic N) is 1. The number of pyridine rings is 1. The Hall–Kier alpha value is -2.16. The molecule has 0 unspecified atom stereocenters. The monoisotopic (exact) mass is 227 g/mol. The molecular formula is C14H13NO2. The van der Waals surface area contributed by atoms with Crippen molar-refractivity contribution in [3.8, 4) is 0 Å². The largest absolute Gasteiger partial charge is 0.469 e. The van der Waals surface area contributed by atoms with Gasteiger partial charge in [0.2, 0.25) is 0 Å². The Morgan fingerprint density at radius 2 is 2.29 bits per heavy atom. The first-order chi connectivity index (χ1) is 8.29. The first-order valence-electron chi connectivity index (χ1n) is 5.38. The Labute approximate surface area is 99.7 Å². The number of hydrogen-bond acceptors (Lipinski definition) is 3. The summed E-state index contributed by atoms with van der Waals surface area (Å²) in [5.74, 6) is -0.236. The molecule has 0 saturated carbocycles. The van der Waals surface area contributed by atoms with Gasteiger partial charge in [0.1, 0.15) is 0 Å². The molecule has 1 heterocycles. The highest BCUT2D eigenvalue weighted by Gasteiger charge is 1.96. The Balaban J connectivity index is 2.16. The SMILES string of the molecule is COC(=O)CC=Cc1ccc2cccnc2c1. The maximum atomic E-state index is 10.9. The van der Waals surface area contributed by atoms with Crippen LogP contribution in [0.4, 0.5) is 0 Å². The van der Waals surface area contributed by atoms with Crippen molar-refractivity contribution in [1.82, 2.24) is 4.98 Å². The van der Waals surface area contributed by atoms with Crippen molar-refractivity contribution >= 4 is 22.9 Å². The van der Waals surface area contributed by atoms with Crippen molar-refractivity contribution in [2.45, 2.75) is 6.42 Å². The lowest BCUT2D eigenvalue weighted by atomic mass is 10.1. The second kappa shape index (κ2) is 5.25. The summed E-state index contributed by atoms with van der Waals surface area (Å²) < 4.78 is 4.56. The highest BCUT2D eigenvalue weighted by atomic mass is 16.5. The van der Waals surface area contributed by atoms with E-state index in [2.05, 4.69) is 9.72 Å². The summed E-state index contributed by atoms with van der Waals surface area (Å²) in [7, 11) is 1.39. The van der Waals surface area contributed by atoms with Crippen LogP contribution in [-0.2, 0) is 9.53 Å². The van der Waals surface area contributed by atoms with Crippen LogP contribution in [-0.4, -0.2) is 18.1 Å². The van der Waals surface area contributed by atoms with Crippen LogP contribution in [0.5, 0.6) is 0 Å². The standard InChI is InChI=1S/C14H13NO2/c1-17-14(16)6-2-4-11-7-8-12-5-3-9-15-13(12)10-11/h2-5,7-10H,6H2,1H3. The first-order valence-corrected chi connectivity index (χ1v) is 5.38. The van der Waals surface area contributed by atoms with Gasteiger partial charge in [0.05, 0.1) is 19.0 Å². The molecule has 0 bridgehead atoms. The van der Waals surface area contributed by atoms with E-state index in [1.54, 1.807) is 12.3 Å². The second-order valence-corrected chi connectivity index (χ2v) is 3.64. The number of fused-ring (bicyclic) bond motifs is 1. The van der Waals surface area contributed by atoms with Gasteiger partial charge >= 0.3 is 5.97 Å². The Kier molecular flexibility index (Phi) is 3.50. The topological polar surface area (TPSA) is 39.2 Å². The van der Waals surface area contributed by atoms with Crippen molar-refractivity contribution in [1.29, 1.82) is 0 Å². The third kappa shape index (κ3) is 2.91. The summed E-state index contributed by atoms with van der Waals surface area (Å²) in [4.78, 5) is 15.2. The Morgan fingerprint density at radius 1 is 1.41 bits per heavy atom. The zero-order chi connectivity index (χ0) is 12.1. The molecule has 0 aliphatic rings. The average Bonchev–Trinajstić information content (AvgIpc) is 2.38. The van der Waals surface area contributed by atoms with Crippen LogP contribution in [0.25, 0.3) is 17.0 Å². The molecule has 17 heavy (non-hydrogen) atoms. The number of carbonyl (C=O) groups excluding carboxylic acids is 1. The fraction of sp³-hybridized carbons (Fsp3) is 0.143. The van der Waals surface area contributed by atoms with Crippen LogP contribution in [0.3, 0.4) is 0 Å². The first kappa shape index (κ1) is 11.3. The van der Waals surface area contributed by atoms with E-state index in [0.717, 1.165) is 16.5 Å². The van der Waals surface area contributed by atoms with Crippen molar-refractivity contribution < 1.29 is 9.53 Å². The van der Waals surface area contributed by atoms with Gasteiger partial charge in [0, 0.05) is 11.6 Å². The van der Waals surface area contributed by atoms with E-state index in [1.165, 1.54) is 7.11 Å². The summed E-state index contributed by atoms with van der Waals surface area (Å²) in [6.07, 6.45) is 5.74. The van der Waals surface area contributed by atoms with Gasteiger partial charge < -0.3 is 4.74 Å². The van der Waals surface area contributed by atoms with Gasteiger partial charge in [-0.15, -0.1) is 0 Å². The molecule has 2 aromatic rings. The van der Waals surface area contributed by atoms with Crippen LogP contribution in [0, 0.1) is 0 Å². The molecule has 0 aliphatic carbocycles. The molecule has 0 atom stereocenters. The van der Waals surface area contributed by atoms with Gasteiger partial charge in [-0.05, 0) is 17.7 Å². The minimum atomic E-state index is -0.236. The molecule has 0 radical (unpaired) electrons. The summed E-state index contributed by atoms with van der Waals surface area (Å²) in [5, 5.41) is 1.11. The van der Waals surface area contributed by atoms with Crippen LogP contribution in [0.1, 0.15) is 12.0 Å². The maximum absolute atomic E-state index is 10.9. The van der Waals surface area contributed by atoms with Crippen LogP contribution in [0.2, 0.25) is 0 Å². The third-order valence-electron chi connectivity index (χ3n) is 2.45. The van der Waals surface area contributed by atoms with Gasteiger partial charge in [-0.1, -0.05) is 30.4 Å². The number of carbonyl (C=O) groups is 1. The van der Waals surface area contributed by atoms with E-state index in [4.69, 9.17) is 0 Å². The number of aromatic nitrogens is 1. The molecule has 0 spiro atoms. The van der Waals surface area contributed by atoms with Crippen molar-refractivity contribution in [2.24, 2.45) is 0 Å². The minimum absolute atomic E-state index is 0.236. The summed E-state index contributed by atoms with van der Waals surface area (Å²) in [5.41, 5.74) is 1.98. The number of rotatable bonds is 3. The quantitative estimate of drug-likeness (QED) is 0.757. The molecule has 0 N–H and O–H groups in total. The zero-order valence-electron chi connectivity index (χ0n) is 9.59. The predicted molar refractivity (Wildman–Crippen MR) is 67.4 cm³/mol. The lowest BCUT2D eigenvalue weighted by molar-refractivity contribution is -0.139. The van der Waals surface area contributed by atoms with E-state index in [9.17, 15) is 4.79 Å². The summed E-state index contributed by atoms with van der Waals surface area (Å²) >= 11 is 0.